The smallest absolute Gasteiger partial charge is 0.407 e. The lowest BCUT2D eigenvalue weighted by Crippen LogP contribution is -2.44. The van der Waals surface area contributed by atoms with Gasteiger partial charge in [0.1, 0.15) is 5.60 Å². The van der Waals surface area contributed by atoms with Crippen molar-refractivity contribution in [1.29, 1.82) is 0 Å². The van der Waals surface area contributed by atoms with Gasteiger partial charge < -0.3 is 30.9 Å². The van der Waals surface area contributed by atoms with Crippen LogP contribution in [0.5, 0.6) is 0 Å². The first-order chi connectivity index (χ1) is 12.4. The number of hydrogen-bond donors (Lipinski definition) is 5. The zero-order valence-electron chi connectivity index (χ0n) is 15.7. The SMILES string of the molecule is CC(C)(C)OC(=O)NC(CC(=O)NCCC(=O)O)CC(=O)NCCC(=O)O. The van der Waals surface area contributed by atoms with Crippen LogP contribution in [0.2, 0.25) is 0 Å². The van der Waals surface area contributed by atoms with Crippen LogP contribution in [-0.4, -0.2) is 64.8 Å². The zero-order chi connectivity index (χ0) is 21.0. The summed E-state index contributed by atoms with van der Waals surface area (Å²) in [6.45, 7) is 4.78. The monoisotopic (exact) mass is 389 g/mol. The van der Waals surface area contributed by atoms with Crippen LogP contribution in [0.15, 0.2) is 0 Å². The topological polar surface area (TPSA) is 171 Å². The first-order valence-electron chi connectivity index (χ1n) is 8.35. The second-order valence-corrected chi connectivity index (χ2v) is 6.74. The summed E-state index contributed by atoms with van der Waals surface area (Å²) in [5, 5.41) is 24.3. The number of carboxylic acids is 2. The molecule has 11 heteroatoms. The van der Waals surface area contributed by atoms with Crippen molar-refractivity contribution in [2.24, 2.45) is 0 Å². The molecule has 3 amide bonds. The van der Waals surface area contributed by atoms with Crippen molar-refractivity contribution in [3.8, 4) is 0 Å². The molecule has 0 radical (unpaired) electrons. The minimum absolute atomic E-state index is 0.0852. The van der Waals surface area contributed by atoms with E-state index in [4.69, 9.17) is 14.9 Å². The molecule has 0 aromatic rings. The average molecular weight is 389 g/mol. The highest BCUT2D eigenvalue weighted by Crippen LogP contribution is 2.08. The molecular weight excluding hydrogens is 362 g/mol. The average Bonchev–Trinajstić information content (AvgIpc) is 2.43. The lowest BCUT2D eigenvalue weighted by Gasteiger charge is -2.23. The van der Waals surface area contributed by atoms with Gasteiger partial charge in [-0.3, -0.25) is 19.2 Å². The van der Waals surface area contributed by atoms with Crippen molar-refractivity contribution in [3.05, 3.63) is 0 Å². The maximum atomic E-state index is 11.9. The van der Waals surface area contributed by atoms with Crippen LogP contribution >= 0.6 is 0 Å². The maximum Gasteiger partial charge on any atom is 0.407 e. The second-order valence-electron chi connectivity index (χ2n) is 6.74. The summed E-state index contributed by atoms with van der Waals surface area (Å²) in [5.41, 5.74) is -0.776. The van der Waals surface area contributed by atoms with E-state index in [1.807, 2.05) is 0 Å². The molecule has 0 aromatic heterocycles. The number of alkyl carbamates (subject to hydrolysis) is 1. The Morgan fingerprint density at radius 3 is 1.59 bits per heavy atom. The predicted octanol–water partition coefficient (Wildman–Crippen LogP) is -0.158. The molecule has 11 nitrogen and oxygen atoms in total. The Morgan fingerprint density at radius 1 is 0.852 bits per heavy atom. The summed E-state index contributed by atoms with van der Waals surface area (Å²) in [6.07, 6.45) is -1.88. The number of carboxylic acid groups (broad SMARTS) is 2. The van der Waals surface area contributed by atoms with E-state index in [0.29, 0.717) is 0 Å². The van der Waals surface area contributed by atoms with E-state index in [-0.39, 0.29) is 38.8 Å². The molecule has 0 aliphatic heterocycles. The molecule has 0 spiro atoms. The number of amides is 3. The first-order valence-corrected chi connectivity index (χ1v) is 8.35. The van der Waals surface area contributed by atoms with E-state index in [2.05, 4.69) is 16.0 Å². The van der Waals surface area contributed by atoms with E-state index in [1.165, 1.54) is 0 Å². The number of rotatable bonds is 11. The van der Waals surface area contributed by atoms with E-state index in [9.17, 15) is 24.0 Å². The highest BCUT2D eigenvalue weighted by Gasteiger charge is 2.23. The lowest BCUT2D eigenvalue weighted by molar-refractivity contribution is -0.138. The number of ether oxygens (including phenoxy) is 1. The van der Waals surface area contributed by atoms with Gasteiger partial charge in [0.25, 0.3) is 0 Å². The Kier molecular flexibility index (Phi) is 10.5. The number of carbonyl (C=O) groups is 5. The third-order valence-corrected chi connectivity index (χ3v) is 2.91. The minimum Gasteiger partial charge on any atom is -0.481 e. The highest BCUT2D eigenvalue weighted by atomic mass is 16.6. The number of nitrogens with one attached hydrogen (secondary N) is 3. The Hall–Kier alpha value is -2.85. The van der Waals surface area contributed by atoms with Crippen molar-refractivity contribution in [2.75, 3.05) is 13.1 Å². The van der Waals surface area contributed by atoms with Gasteiger partial charge in [-0.15, -0.1) is 0 Å². The van der Waals surface area contributed by atoms with Gasteiger partial charge in [-0.25, -0.2) is 4.79 Å². The Balaban J connectivity index is 4.70. The van der Waals surface area contributed by atoms with E-state index >= 15 is 0 Å². The fraction of sp³-hybridized carbons (Fsp3) is 0.688. The van der Waals surface area contributed by atoms with E-state index in [1.54, 1.807) is 20.8 Å². The summed E-state index contributed by atoms with van der Waals surface area (Å²) >= 11 is 0. The normalized spacial score (nSPS) is 10.8. The fourth-order valence-corrected chi connectivity index (χ4v) is 1.86. The summed E-state index contributed by atoms with van der Waals surface area (Å²) < 4.78 is 5.09. The van der Waals surface area contributed by atoms with Crippen molar-refractivity contribution in [1.82, 2.24) is 16.0 Å². The summed E-state index contributed by atoms with van der Waals surface area (Å²) in [5.74, 6) is -3.24. The molecule has 0 aromatic carbocycles. The predicted molar refractivity (Wildman–Crippen MR) is 92.9 cm³/mol. The van der Waals surface area contributed by atoms with Crippen LogP contribution in [-0.2, 0) is 23.9 Å². The summed E-state index contributed by atoms with van der Waals surface area (Å²) in [7, 11) is 0. The van der Waals surface area contributed by atoms with Crippen LogP contribution in [0.4, 0.5) is 4.79 Å². The molecule has 0 saturated heterocycles. The summed E-state index contributed by atoms with van der Waals surface area (Å²) in [6, 6.07) is -0.908. The Morgan fingerprint density at radius 2 is 1.26 bits per heavy atom. The van der Waals surface area contributed by atoms with Crippen molar-refractivity contribution >= 4 is 29.8 Å². The van der Waals surface area contributed by atoms with Gasteiger partial charge in [0.05, 0.1) is 12.8 Å². The van der Waals surface area contributed by atoms with E-state index in [0.717, 1.165) is 0 Å². The lowest BCUT2D eigenvalue weighted by atomic mass is 10.1. The molecule has 154 valence electrons. The van der Waals surface area contributed by atoms with Gasteiger partial charge in [-0.2, -0.15) is 0 Å². The molecule has 0 heterocycles. The molecule has 0 aliphatic rings. The van der Waals surface area contributed by atoms with Gasteiger partial charge in [0.2, 0.25) is 11.8 Å². The Labute approximate surface area is 156 Å². The van der Waals surface area contributed by atoms with Crippen molar-refractivity contribution in [2.45, 2.75) is 58.1 Å². The van der Waals surface area contributed by atoms with Gasteiger partial charge in [-0.1, -0.05) is 0 Å². The molecule has 0 atom stereocenters. The molecule has 0 bridgehead atoms. The van der Waals surface area contributed by atoms with Crippen molar-refractivity contribution in [3.63, 3.8) is 0 Å². The molecule has 0 fully saturated rings. The standard InChI is InChI=1S/C16H27N3O8/c1-16(2,3)27-15(26)19-10(8-11(20)17-6-4-13(22)23)9-12(21)18-7-5-14(24)25/h10H,4-9H2,1-3H3,(H,17,20)(H,18,21)(H,19,26)(H,22,23)(H,24,25). The highest BCUT2D eigenvalue weighted by molar-refractivity contribution is 5.82. The zero-order valence-corrected chi connectivity index (χ0v) is 15.7. The quantitative estimate of drug-likeness (QED) is 0.324. The number of aliphatic carboxylic acids is 2. The first kappa shape index (κ1) is 24.1. The van der Waals surface area contributed by atoms with Gasteiger partial charge in [-0.05, 0) is 20.8 Å². The Bertz CT molecular complexity index is 522. The van der Waals surface area contributed by atoms with Gasteiger partial charge >= 0.3 is 18.0 Å². The van der Waals surface area contributed by atoms with Gasteiger partial charge in [0, 0.05) is 32.0 Å². The molecule has 27 heavy (non-hydrogen) atoms. The van der Waals surface area contributed by atoms with E-state index < -0.39 is 41.5 Å². The van der Waals surface area contributed by atoms with Crippen LogP contribution in [0.1, 0.15) is 46.5 Å². The molecular formula is C16H27N3O8. The third-order valence-electron chi connectivity index (χ3n) is 2.91. The molecule has 0 saturated carbocycles. The molecule has 0 rings (SSSR count). The minimum atomic E-state index is -1.07. The number of carbonyl (C=O) groups excluding carboxylic acids is 3. The summed E-state index contributed by atoms with van der Waals surface area (Å²) in [4.78, 5) is 56.6. The molecule has 0 aliphatic carbocycles. The van der Waals surface area contributed by atoms with Crippen LogP contribution in [0.25, 0.3) is 0 Å². The molecule has 0 unspecified atom stereocenters. The second kappa shape index (κ2) is 11.7. The van der Waals surface area contributed by atoms with Crippen LogP contribution in [0, 0.1) is 0 Å². The maximum absolute atomic E-state index is 11.9. The largest absolute Gasteiger partial charge is 0.481 e. The third kappa shape index (κ3) is 15.1. The van der Waals surface area contributed by atoms with Crippen LogP contribution in [0.3, 0.4) is 0 Å². The number of hydrogen-bond acceptors (Lipinski definition) is 6. The molecule has 5 N–H and O–H groups in total. The fourth-order valence-electron chi connectivity index (χ4n) is 1.86. The van der Waals surface area contributed by atoms with Crippen LogP contribution < -0.4 is 16.0 Å². The van der Waals surface area contributed by atoms with Gasteiger partial charge in [0.15, 0.2) is 0 Å². The van der Waals surface area contributed by atoms with Crippen molar-refractivity contribution < 1.29 is 38.9 Å².